The number of thiophene rings is 1. The van der Waals surface area contributed by atoms with E-state index in [9.17, 15) is 4.39 Å². The molecule has 3 N–H and O–H groups in total. The van der Waals surface area contributed by atoms with E-state index in [2.05, 4.69) is 15.3 Å². The number of anilines is 2. The van der Waals surface area contributed by atoms with Crippen LogP contribution in [0, 0.1) is 12.7 Å². The summed E-state index contributed by atoms with van der Waals surface area (Å²) in [5.41, 5.74) is 6.68. The van der Waals surface area contributed by atoms with Crippen molar-refractivity contribution in [1.82, 2.24) is 9.97 Å². The van der Waals surface area contributed by atoms with Gasteiger partial charge in [0.05, 0.1) is 5.39 Å². The highest BCUT2D eigenvalue weighted by Crippen LogP contribution is 2.28. The van der Waals surface area contributed by atoms with E-state index in [0.717, 1.165) is 26.5 Å². The summed E-state index contributed by atoms with van der Waals surface area (Å²) in [5, 5.41) is 4.24. The Morgan fingerprint density at radius 1 is 1.29 bits per heavy atom. The number of nitrogens with one attached hydrogen (secondary N) is 1. The fraction of sp³-hybridized carbons (Fsp3) is 0.200. The van der Waals surface area contributed by atoms with Crippen molar-refractivity contribution in [3.05, 3.63) is 46.6 Å². The molecule has 3 rings (SSSR count). The van der Waals surface area contributed by atoms with Crippen molar-refractivity contribution in [3.63, 3.8) is 0 Å². The van der Waals surface area contributed by atoms with Crippen LogP contribution in [-0.4, -0.2) is 16.5 Å². The van der Waals surface area contributed by atoms with Gasteiger partial charge in [0.25, 0.3) is 0 Å². The Kier molecular flexibility index (Phi) is 3.70. The lowest BCUT2D eigenvalue weighted by Gasteiger charge is -2.07. The van der Waals surface area contributed by atoms with E-state index in [-0.39, 0.29) is 11.8 Å². The number of hydrogen-bond acceptors (Lipinski definition) is 5. The first-order chi connectivity index (χ1) is 10.1. The van der Waals surface area contributed by atoms with Gasteiger partial charge < -0.3 is 11.1 Å². The van der Waals surface area contributed by atoms with Crippen molar-refractivity contribution in [2.24, 2.45) is 0 Å². The quantitative estimate of drug-likeness (QED) is 0.775. The summed E-state index contributed by atoms with van der Waals surface area (Å²) in [5.74, 6) is 0.783. The Morgan fingerprint density at radius 2 is 2.14 bits per heavy atom. The van der Waals surface area contributed by atoms with Gasteiger partial charge in [0.2, 0.25) is 5.95 Å². The summed E-state index contributed by atoms with van der Waals surface area (Å²) in [7, 11) is 0. The molecule has 0 bridgehead atoms. The number of aryl methyl sites for hydroxylation is 1. The molecule has 0 amide bonds. The van der Waals surface area contributed by atoms with Crippen LogP contribution in [0.2, 0.25) is 0 Å². The van der Waals surface area contributed by atoms with Gasteiger partial charge in [0.15, 0.2) is 0 Å². The molecule has 0 aliphatic heterocycles. The van der Waals surface area contributed by atoms with Crippen molar-refractivity contribution in [3.8, 4) is 0 Å². The maximum absolute atomic E-state index is 13.1. The third-order valence-electron chi connectivity index (χ3n) is 3.13. The number of hydrogen-bond donors (Lipinski definition) is 2. The molecule has 0 saturated carbocycles. The molecule has 3 aromatic rings. The number of benzene rings is 1. The number of nitrogen functional groups attached to an aromatic ring is 1. The van der Waals surface area contributed by atoms with Crippen LogP contribution in [0.3, 0.4) is 0 Å². The van der Waals surface area contributed by atoms with Crippen LogP contribution in [0.4, 0.5) is 16.2 Å². The van der Waals surface area contributed by atoms with Crippen molar-refractivity contribution in [1.29, 1.82) is 0 Å². The first-order valence-corrected chi connectivity index (χ1v) is 7.45. The minimum atomic E-state index is -0.213. The van der Waals surface area contributed by atoms with Crippen LogP contribution in [0.15, 0.2) is 30.3 Å². The lowest BCUT2D eigenvalue weighted by Crippen LogP contribution is -2.08. The number of fused-ring (bicyclic) bond motifs is 1. The summed E-state index contributed by atoms with van der Waals surface area (Å²) in [6, 6.07) is 8.65. The Morgan fingerprint density at radius 3 is 2.95 bits per heavy atom. The SMILES string of the molecule is Cc1cc2c(NCCc3cccc(F)c3)nc(N)nc2s1. The van der Waals surface area contributed by atoms with Crippen molar-refractivity contribution in [2.45, 2.75) is 13.3 Å². The van der Waals surface area contributed by atoms with Gasteiger partial charge in [0.1, 0.15) is 16.5 Å². The first kappa shape index (κ1) is 13.8. The van der Waals surface area contributed by atoms with E-state index in [1.807, 2.05) is 19.1 Å². The standard InChI is InChI=1S/C15H15FN4S/c1-9-7-12-13(19-15(17)20-14(12)21-9)18-6-5-10-3-2-4-11(16)8-10/h2-4,7-8H,5-6H2,1H3,(H3,17,18,19,20). The molecule has 2 aromatic heterocycles. The van der Waals surface area contributed by atoms with Crippen LogP contribution in [0.1, 0.15) is 10.4 Å². The Hall–Kier alpha value is -2.21. The van der Waals surface area contributed by atoms with Gasteiger partial charge in [-0.15, -0.1) is 11.3 Å². The van der Waals surface area contributed by atoms with Crippen LogP contribution in [0.5, 0.6) is 0 Å². The maximum atomic E-state index is 13.1. The fourth-order valence-corrected chi connectivity index (χ4v) is 3.10. The average Bonchev–Trinajstić information content (AvgIpc) is 2.79. The second-order valence-electron chi connectivity index (χ2n) is 4.81. The lowest BCUT2D eigenvalue weighted by atomic mass is 10.1. The second kappa shape index (κ2) is 5.65. The lowest BCUT2D eigenvalue weighted by molar-refractivity contribution is 0.625. The zero-order valence-electron chi connectivity index (χ0n) is 11.6. The average molecular weight is 302 g/mol. The van der Waals surface area contributed by atoms with Gasteiger partial charge in [-0.1, -0.05) is 12.1 Å². The van der Waals surface area contributed by atoms with E-state index in [0.29, 0.717) is 13.0 Å². The summed E-state index contributed by atoms with van der Waals surface area (Å²) in [4.78, 5) is 10.5. The molecule has 108 valence electrons. The molecule has 2 heterocycles. The highest BCUT2D eigenvalue weighted by molar-refractivity contribution is 7.18. The molecule has 0 fully saturated rings. The van der Waals surface area contributed by atoms with E-state index < -0.39 is 0 Å². The smallest absolute Gasteiger partial charge is 0.223 e. The van der Waals surface area contributed by atoms with Crippen LogP contribution < -0.4 is 11.1 Å². The topological polar surface area (TPSA) is 63.8 Å². The Balaban J connectivity index is 1.76. The van der Waals surface area contributed by atoms with E-state index >= 15 is 0 Å². The van der Waals surface area contributed by atoms with Crippen molar-refractivity contribution in [2.75, 3.05) is 17.6 Å². The van der Waals surface area contributed by atoms with Gasteiger partial charge in [-0.3, -0.25) is 0 Å². The van der Waals surface area contributed by atoms with Crippen LogP contribution >= 0.6 is 11.3 Å². The molecule has 0 atom stereocenters. The van der Waals surface area contributed by atoms with Gasteiger partial charge in [-0.05, 0) is 37.1 Å². The number of nitrogens with two attached hydrogens (primary N) is 1. The molecule has 0 saturated heterocycles. The molecular formula is C15H15FN4S. The molecule has 0 aliphatic carbocycles. The molecule has 0 unspecified atom stereocenters. The normalized spacial score (nSPS) is 11.0. The minimum absolute atomic E-state index is 0.213. The maximum Gasteiger partial charge on any atom is 0.223 e. The first-order valence-electron chi connectivity index (χ1n) is 6.64. The predicted octanol–water partition coefficient (Wildman–Crippen LogP) is 3.38. The summed E-state index contributed by atoms with van der Waals surface area (Å²) < 4.78 is 13.1. The van der Waals surface area contributed by atoms with E-state index in [4.69, 9.17) is 5.73 Å². The minimum Gasteiger partial charge on any atom is -0.369 e. The summed E-state index contributed by atoms with van der Waals surface area (Å²) in [6.45, 7) is 2.68. The summed E-state index contributed by atoms with van der Waals surface area (Å²) >= 11 is 1.59. The Labute approximate surface area is 125 Å². The molecule has 0 aliphatic rings. The monoisotopic (exact) mass is 302 g/mol. The fourth-order valence-electron chi connectivity index (χ4n) is 2.21. The van der Waals surface area contributed by atoms with Crippen LogP contribution in [0.25, 0.3) is 10.2 Å². The highest BCUT2D eigenvalue weighted by atomic mass is 32.1. The van der Waals surface area contributed by atoms with Gasteiger partial charge >= 0.3 is 0 Å². The summed E-state index contributed by atoms with van der Waals surface area (Å²) in [6.07, 6.45) is 0.715. The van der Waals surface area contributed by atoms with Crippen molar-refractivity contribution < 1.29 is 4.39 Å². The van der Waals surface area contributed by atoms with Gasteiger partial charge in [-0.2, -0.15) is 4.98 Å². The molecule has 0 spiro atoms. The molecule has 4 nitrogen and oxygen atoms in total. The largest absolute Gasteiger partial charge is 0.369 e. The van der Waals surface area contributed by atoms with Gasteiger partial charge in [0, 0.05) is 11.4 Å². The highest BCUT2D eigenvalue weighted by Gasteiger charge is 2.08. The number of nitrogens with zero attached hydrogens (tertiary/aromatic N) is 2. The third-order valence-corrected chi connectivity index (χ3v) is 4.07. The predicted molar refractivity (Wildman–Crippen MR) is 85.2 cm³/mol. The number of aromatic nitrogens is 2. The molecular weight excluding hydrogens is 287 g/mol. The van der Waals surface area contributed by atoms with E-state index in [1.54, 1.807) is 23.5 Å². The second-order valence-corrected chi connectivity index (χ2v) is 6.05. The number of rotatable bonds is 4. The van der Waals surface area contributed by atoms with Crippen LogP contribution in [-0.2, 0) is 6.42 Å². The molecule has 0 radical (unpaired) electrons. The van der Waals surface area contributed by atoms with E-state index in [1.165, 1.54) is 6.07 Å². The third kappa shape index (κ3) is 3.11. The zero-order chi connectivity index (χ0) is 14.8. The molecule has 1 aromatic carbocycles. The molecule has 6 heteroatoms. The number of halogens is 1. The van der Waals surface area contributed by atoms with Gasteiger partial charge in [-0.25, -0.2) is 9.37 Å². The van der Waals surface area contributed by atoms with Crippen molar-refractivity contribution >= 4 is 33.3 Å². The molecule has 21 heavy (non-hydrogen) atoms. The zero-order valence-corrected chi connectivity index (χ0v) is 12.4. The Bertz CT molecular complexity index is 784.